The van der Waals surface area contributed by atoms with Gasteiger partial charge in [0.1, 0.15) is 0 Å². The van der Waals surface area contributed by atoms with Crippen molar-refractivity contribution in [1.29, 1.82) is 0 Å². The molecule has 0 aliphatic carbocycles. The molecular formula is C120H75Ir3N12-3. The van der Waals surface area contributed by atoms with E-state index < -0.39 is 0 Å². The standard InChI is InChI=1S/C44H27N6.C41H26N3.C35H22N3.3Ir/c1-3-14-29(15-4-1)42-46-43(30-16-5-2-6-17-30)48-44(47-42)50-39-24-10-8-21-34(39)36-27-35-33-20-7-9-23-38(33)49(40(35)28-41(36)50)32-19-13-18-31(26-32)37-22-11-12-25-45-37;1-3-14-31(15-4-1)43-38-20-8-7-18-33(38)35-26-36-34-25-29(28-12-11-13-30(24-28)37-19-9-10-23-42-37)21-22-39(34)44(41(36)27-40(35)43)32-16-5-2-6-17-32;1-2-12-25(13-3-1)37-32-18-6-4-15-27(32)29-22-30-28-16-5-7-19-33(28)38(35(30)23-34(29)37)26-14-10-11-24(21-26)31-17-8-9-20-36-31;;;/h1-17,19-28H;1-12,14-27H;1-10,12-23H;;;/q3*-1;;;. The van der Waals surface area contributed by atoms with Crippen LogP contribution in [0.4, 0.5) is 0 Å². The quantitative estimate of drug-likeness (QED) is 0.113. The van der Waals surface area contributed by atoms with Crippen molar-refractivity contribution in [2.24, 2.45) is 0 Å². The molecule has 15 heteroatoms. The molecule has 0 amide bonds. The first kappa shape index (κ1) is 84.5. The van der Waals surface area contributed by atoms with Gasteiger partial charge < -0.3 is 37.8 Å². The van der Waals surface area contributed by atoms with Crippen LogP contribution >= 0.6 is 0 Å². The van der Waals surface area contributed by atoms with Crippen LogP contribution in [0.1, 0.15) is 0 Å². The number of fused-ring (bicyclic) bond motifs is 18. The number of rotatable bonds is 12. The summed E-state index contributed by atoms with van der Waals surface area (Å²) in [4.78, 5) is 29.0. The molecule has 0 atom stereocenters. The van der Waals surface area contributed by atoms with Crippen LogP contribution in [0.15, 0.2) is 455 Å². The van der Waals surface area contributed by atoms with E-state index in [1.165, 1.54) is 104 Å². The van der Waals surface area contributed by atoms with E-state index in [1.807, 2.05) is 152 Å². The molecule has 0 bridgehead atoms. The van der Waals surface area contributed by atoms with E-state index in [2.05, 4.69) is 364 Å². The number of aromatic nitrogens is 12. The molecule has 135 heavy (non-hydrogen) atoms. The summed E-state index contributed by atoms with van der Waals surface area (Å²) in [5.74, 6) is 1.81. The van der Waals surface area contributed by atoms with Crippen molar-refractivity contribution in [2.45, 2.75) is 0 Å². The summed E-state index contributed by atoms with van der Waals surface area (Å²) in [6.07, 6.45) is 5.48. The molecule has 12 nitrogen and oxygen atoms in total. The van der Waals surface area contributed by atoms with E-state index in [1.54, 1.807) is 0 Å². The summed E-state index contributed by atoms with van der Waals surface area (Å²) in [5, 5.41) is 14.6. The Kier molecular flexibility index (Phi) is 22.5. The van der Waals surface area contributed by atoms with Crippen molar-refractivity contribution in [3.63, 3.8) is 0 Å². The fourth-order valence-electron chi connectivity index (χ4n) is 19.6. The average Bonchev–Trinajstić information content (AvgIpc) is 1.56. The molecule has 0 unspecified atom stereocenters. The summed E-state index contributed by atoms with van der Waals surface area (Å²) < 4.78 is 14.1. The van der Waals surface area contributed by atoms with Crippen LogP contribution in [-0.4, -0.2) is 57.3 Å². The number of hydrogen-bond donors (Lipinski definition) is 0. The van der Waals surface area contributed by atoms with Gasteiger partial charge in [-0.05, 0) is 167 Å². The largest absolute Gasteiger partial charge is 0.327 e. The minimum Gasteiger partial charge on any atom is -0.327 e. The van der Waals surface area contributed by atoms with E-state index in [4.69, 9.17) is 15.0 Å². The third-order valence-electron chi connectivity index (χ3n) is 25.5. The van der Waals surface area contributed by atoms with Crippen molar-refractivity contribution in [3.05, 3.63) is 474 Å². The number of benzene rings is 17. The number of pyridine rings is 3. The van der Waals surface area contributed by atoms with E-state index in [0.717, 1.165) is 112 Å². The Morgan fingerprint density at radius 1 is 0.170 bits per heavy atom. The predicted octanol–water partition coefficient (Wildman–Crippen LogP) is 29.4. The van der Waals surface area contributed by atoms with Crippen LogP contribution in [-0.2, 0) is 60.3 Å². The van der Waals surface area contributed by atoms with Crippen molar-refractivity contribution < 1.29 is 60.3 Å². The molecule has 0 saturated carbocycles. The van der Waals surface area contributed by atoms with Gasteiger partial charge in [0.05, 0.1) is 66.2 Å². The Bertz CT molecular complexity index is 9080. The first-order valence-electron chi connectivity index (χ1n) is 44.3. The van der Waals surface area contributed by atoms with Gasteiger partial charge in [-0.3, -0.25) is 4.57 Å². The second-order valence-electron chi connectivity index (χ2n) is 33.1. The monoisotopic (exact) mass is 2260 g/mol. The molecule has 27 aromatic rings. The fraction of sp³-hybridized carbons (Fsp3) is 0. The van der Waals surface area contributed by atoms with Crippen LogP contribution < -0.4 is 0 Å². The minimum atomic E-state index is 0. The van der Waals surface area contributed by atoms with Crippen LogP contribution in [0, 0.1) is 18.2 Å². The van der Waals surface area contributed by atoms with Crippen molar-refractivity contribution >= 4 is 131 Å². The number of nitrogens with zero attached hydrogens (tertiary/aromatic N) is 12. The minimum absolute atomic E-state index is 0. The zero-order chi connectivity index (χ0) is 87.1. The Balaban J connectivity index is 0.000000117. The normalized spacial score (nSPS) is 11.4. The summed E-state index contributed by atoms with van der Waals surface area (Å²) in [7, 11) is 0. The van der Waals surface area contributed by atoms with Gasteiger partial charge in [-0.1, -0.05) is 249 Å². The molecule has 17 aromatic carbocycles. The van der Waals surface area contributed by atoms with E-state index in [9.17, 15) is 0 Å². The fourth-order valence-corrected chi connectivity index (χ4v) is 19.6. The zero-order valence-electron chi connectivity index (χ0n) is 72.2. The summed E-state index contributed by atoms with van der Waals surface area (Å²) in [6.45, 7) is 0. The number of hydrogen-bond acceptors (Lipinski definition) is 6. The van der Waals surface area contributed by atoms with Gasteiger partial charge in [0, 0.05) is 172 Å². The second kappa shape index (κ2) is 35.9. The SMILES string of the molecule is [Ir].[Ir].[Ir].[c-]1ccc(-c2ccc3c(c2)c2cc4c5ccccc5n(-c5ccccc5)c4cc2n3-c2ccccc2)cc1-c1ccccn1.[c-]1ccc(-n2c3ccccc3c3cc4c5ccccc5n(-c5ccccc5)c4cc32)cc1-c1ccccn1.[c-]1ccc(-n2c3ccccc3c3cc4c5ccccc5n(-c5nc(-c6ccccc6)nc(-c6ccccc6)n5)c4cc32)cc1-c1ccccn1. The molecule has 3 radical (unpaired) electrons. The Labute approximate surface area is 817 Å². The third-order valence-corrected chi connectivity index (χ3v) is 25.5. The molecule has 0 fully saturated rings. The van der Waals surface area contributed by atoms with Crippen LogP contribution in [0.25, 0.3) is 233 Å². The summed E-state index contributed by atoms with van der Waals surface area (Å²) in [6, 6.07) is 163. The molecule has 10 heterocycles. The Morgan fingerprint density at radius 2 is 0.444 bits per heavy atom. The van der Waals surface area contributed by atoms with Crippen LogP contribution in [0.3, 0.4) is 0 Å². The molecule has 0 N–H and O–H groups in total. The van der Waals surface area contributed by atoms with Gasteiger partial charge in [-0.15, -0.1) is 95.1 Å². The Morgan fingerprint density at radius 3 is 0.800 bits per heavy atom. The van der Waals surface area contributed by atoms with Crippen LogP contribution in [0.5, 0.6) is 0 Å². The second-order valence-corrected chi connectivity index (χ2v) is 33.1. The topological polar surface area (TPSA) is 107 Å². The molecule has 0 spiro atoms. The molecular weight excluding hydrogens is 2190 g/mol. The maximum absolute atomic E-state index is 5.14. The van der Waals surface area contributed by atoms with Gasteiger partial charge in [-0.2, -0.15) is 9.97 Å². The predicted molar refractivity (Wildman–Crippen MR) is 541 cm³/mol. The first-order valence-corrected chi connectivity index (χ1v) is 44.3. The molecule has 0 aliphatic heterocycles. The maximum Gasteiger partial charge on any atom is 0.238 e. The van der Waals surface area contributed by atoms with Gasteiger partial charge in [0.2, 0.25) is 5.95 Å². The van der Waals surface area contributed by atoms with Gasteiger partial charge in [0.15, 0.2) is 11.6 Å². The van der Waals surface area contributed by atoms with Crippen molar-refractivity contribution in [1.82, 2.24) is 57.3 Å². The molecule has 0 aliphatic rings. The van der Waals surface area contributed by atoms with Gasteiger partial charge >= 0.3 is 0 Å². The third kappa shape index (κ3) is 14.9. The summed E-state index contributed by atoms with van der Waals surface area (Å²) >= 11 is 0. The van der Waals surface area contributed by atoms with Crippen molar-refractivity contribution in [2.75, 3.05) is 0 Å². The van der Waals surface area contributed by atoms with Gasteiger partial charge in [0.25, 0.3) is 0 Å². The van der Waals surface area contributed by atoms with E-state index in [-0.39, 0.29) is 60.3 Å². The van der Waals surface area contributed by atoms with Crippen molar-refractivity contribution in [3.8, 4) is 102 Å². The van der Waals surface area contributed by atoms with Crippen LogP contribution in [0.2, 0.25) is 0 Å². The Hall–Kier alpha value is -16.1. The molecule has 10 aromatic heterocycles. The zero-order valence-corrected chi connectivity index (χ0v) is 79.4. The molecule has 0 saturated heterocycles. The first-order chi connectivity index (χ1) is 65.5. The maximum atomic E-state index is 5.14. The molecule has 645 valence electrons. The van der Waals surface area contributed by atoms with Gasteiger partial charge in [-0.25, -0.2) is 4.98 Å². The molecule has 27 rings (SSSR count). The van der Waals surface area contributed by atoms with E-state index in [0.29, 0.717) is 17.6 Å². The smallest absolute Gasteiger partial charge is 0.238 e. The average molecular weight is 2260 g/mol. The summed E-state index contributed by atoms with van der Waals surface area (Å²) in [5.41, 5.74) is 29.2. The van der Waals surface area contributed by atoms with E-state index >= 15 is 0 Å². The number of para-hydroxylation sites is 8.